The third kappa shape index (κ3) is 3.97. The van der Waals surface area contributed by atoms with Gasteiger partial charge in [-0.1, -0.05) is 48.5 Å². The Kier molecular flexibility index (Phi) is 5.90. The van der Waals surface area contributed by atoms with Gasteiger partial charge in [-0.2, -0.15) is 9.61 Å². The molecular weight excluding hydrogens is 430 g/mol. The van der Waals surface area contributed by atoms with Crippen LogP contribution in [0.4, 0.5) is 0 Å². The number of nitrogens with one attached hydrogen (secondary N) is 1. The van der Waals surface area contributed by atoms with Crippen molar-refractivity contribution in [2.45, 2.75) is 26.1 Å². The number of aryl methyl sites for hydroxylation is 1. The molecule has 4 aromatic rings. The van der Waals surface area contributed by atoms with Crippen molar-refractivity contribution in [3.63, 3.8) is 0 Å². The zero-order valence-corrected chi connectivity index (χ0v) is 19.3. The SMILES string of the molecule is COc1ccccc1CNC(=O)c1cnn2c(=O)c3c(n(C)c12)CCN(Cc1ccccc1)C3. The average molecular weight is 458 g/mol. The Labute approximate surface area is 197 Å². The second-order valence-electron chi connectivity index (χ2n) is 8.52. The van der Waals surface area contributed by atoms with Crippen molar-refractivity contribution >= 4 is 11.6 Å². The normalized spacial score (nSPS) is 13.6. The highest BCUT2D eigenvalue weighted by Crippen LogP contribution is 2.21. The summed E-state index contributed by atoms with van der Waals surface area (Å²) in [6, 6.07) is 17.8. The minimum Gasteiger partial charge on any atom is -0.496 e. The van der Waals surface area contributed by atoms with Crippen LogP contribution in [0.2, 0.25) is 0 Å². The van der Waals surface area contributed by atoms with Crippen molar-refractivity contribution in [3.8, 4) is 5.75 Å². The zero-order valence-electron chi connectivity index (χ0n) is 19.3. The third-order valence-electron chi connectivity index (χ3n) is 6.44. The molecule has 0 atom stereocenters. The molecule has 0 saturated heterocycles. The molecule has 0 spiro atoms. The van der Waals surface area contributed by atoms with Crippen molar-refractivity contribution in [2.75, 3.05) is 13.7 Å². The Morgan fingerprint density at radius 3 is 2.68 bits per heavy atom. The van der Waals surface area contributed by atoms with E-state index in [1.165, 1.54) is 16.3 Å². The predicted molar refractivity (Wildman–Crippen MR) is 129 cm³/mol. The molecule has 34 heavy (non-hydrogen) atoms. The van der Waals surface area contributed by atoms with E-state index in [0.29, 0.717) is 30.0 Å². The summed E-state index contributed by atoms with van der Waals surface area (Å²) in [5.41, 5.74) is 4.52. The smallest absolute Gasteiger partial charge is 0.279 e. The summed E-state index contributed by atoms with van der Waals surface area (Å²) in [5, 5.41) is 7.22. The Balaban J connectivity index is 1.42. The number of nitrogens with zero attached hydrogens (tertiary/aromatic N) is 4. The van der Waals surface area contributed by atoms with Gasteiger partial charge >= 0.3 is 0 Å². The van der Waals surface area contributed by atoms with Gasteiger partial charge in [0, 0.05) is 50.9 Å². The van der Waals surface area contributed by atoms with E-state index in [9.17, 15) is 9.59 Å². The molecule has 0 aliphatic carbocycles. The van der Waals surface area contributed by atoms with E-state index < -0.39 is 0 Å². The Bertz CT molecular complexity index is 1410. The number of fused-ring (bicyclic) bond motifs is 2. The van der Waals surface area contributed by atoms with E-state index in [0.717, 1.165) is 36.3 Å². The number of benzene rings is 2. The Morgan fingerprint density at radius 2 is 1.88 bits per heavy atom. The summed E-state index contributed by atoms with van der Waals surface area (Å²) in [6.07, 6.45) is 2.21. The summed E-state index contributed by atoms with van der Waals surface area (Å²) >= 11 is 0. The number of carbonyl (C=O) groups is 1. The molecule has 5 rings (SSSR count). The lowest BCUT2D eigenvalue weighted by Gasteiger charge is -2.29. The molecule has 0 unspecified atom stereocenters. The quantitative estimate of drug-likeness (QED) is 0.481. The van der Waals surface area contributed by atoms with Crippen LogP contribution >= 0.6 is 0 Å². The first kappa shape index (κ1) is 21.9. The van der Waals surface area contributed by atoms with Gasteiger partial charge in [0.2, 0.25) is 0 Å². The van der Waals surface area contributed by atoms with E-state index in [1.54, 1.807) is 7.11 Å². The van der Waals surface area contributed by atoms with Crippen LogP contribution in [0.15, 0.2) is 65.6 Å². The fraction of sp³-hybridized carbons (Fsp3) is 0.269. The maximum absolute atomic E-state index is 13.3. The molecule has 1 N–H and O–H groups in total. The standard InChI is InChI=1S/C26H27N5O3/c1-29-22-12-13-30(16-18-8-4-3-5-9-18)17-21(22)26(33)31-25(29)20(15-28-31)24(32)27-14-19-10-6-7-11-23(19)34-2/h3-11,15H,12-14,16-17H2,1-2H3,(H,27,32). The van der Waals surface area contributed by atoms with Crippen LogP contribution in [0.5, 0.6) is 5.75 Å². The third-order valence-corrected chi connectivity index (χ3v) is 6.44. The van der Waals surface area contributed by atoms with E-state index in [-0.39, 0.29) is 11.5 Å². The number of ether oxygens (including phenoxy) is 1. The number of rotatable bonds is 6. The number of para-hydroxylation sites is 1. The molecule has 0 fully saturated rings. The number of methoxy groups -OCH3 is 1. The second-order valence-corrected chi connectivity index (χ2v) is 8.52. The topological polar surface area (TPSA) is 80.9 Å². The molecule has 2 aromatic carbocycles. The predicted octanol–water partition coefficient (Wildman–Crippen LogP) is 2.53. The first-order chi connectivity index (χ1) is 16.6. The minimum atomic E-state index is -0.280. The van der Waals surface area contributed by atoms with Crippen LogP contribution in [0.3, 0.4) is 0 Å². The average Bonchev–Trinajstić information content (AvgIpc) is 3.32. The first-order valence-corrected chi connectivity index (χ1v) is 11.3. The van der Waals surface area contributed by atoms with Gasteiger partial charge in [-0.15, -0.1) is 0 Å². The van der Waals surface area contributed by atoms with Gasteiger partial charge in [-0.05, 0) is 11.6 Å². The van der Waals surface area contributed by atoms with Gasteiger partial charge in [0.15, 0.2) is 5.65 Å². The Hall–Kier alpha value is -3.91. The summed E-state index contributed by atoms with van der Waals surface area (Å²) in [5.74, 6) is 0.432. The van der Waals surface area contributed by atoms with E-state index in [1.807, 2.05) is 54.1 Å². The molecule has 0 saturated carbocycles. The number of aromatic nitrogens is 3. The largest absolute Gasteiger partial charge is 0.496 e. The van der Waals surface area contributed by atoms with Crippen molar-refractivity contribution in [2.24, 2.45) is 7.05 Å². The summed E-state index contributed by atoms with van der Waals surface area (Å²) < 4.78 is 8.66. The molecule has 0 radical (unpaired) electrons. The van der Waals surface area contributed by atoms with Crippen LogP contribution in [0.1, 0.15) is 32.7 Å². The van der Waals surface area contributed by atoms with Gasteiger partial charge in [0.25, 0.3) is 11.5 Å². The maximum Gasteiger partial charge on any atom is 0.279 e. The van der Waals surface area contributed by atoms with Gasteiger partial charge in [0.1, 0.15) is 11.3 Å². The molecular formula is C26H27N5O3. The van der Waals surface area contributed by atoms with E-state index in [2.05, 4.69) is 27.4 Å². The molecule has 8 nitrogen and oxygen atoms in total. The number of hydrogen-bond donors (Lipinski definition) is 1. The first-order valence-electron chi connectivity index (χ1n) is 11.3. The van der Waals surface area contributed by atoms with Crippen molar-refractivity contribution < 1.29 is 9.53 Å². The molecule has 8 heteroatoms. The highest BCUT2D eigenvalue weighted by atomic mass is 16.5. The van der Waals surface area contributed by atoms with Crippen molar-refractivity contribution in [1.82, 2.24) is 24.4 Å². The van der Waals surface area contributed by atoms with Crippen LogP contribution < -0.4 is 15.6 Å². The lowest BCUT2D eigenvalue weighted by molar-refractivity contribution is 0.0952. The lowest BCUT2D eigenvalue weighted by atomic mass is 10.1. The molecule has 1 amide bonds. The summed E-state index contributed by atoms with van der Waals surface area (Å²) in [7, 11) is 3.50. The van der Waals surface area contributed by atoms with Crippen molar-refractivity contribution in [1.29, 1.82) is 0 Å². The summed E-state index contributed by atoms with van der Waals surface area (Å²) in [6.45, 7) is 2.50. The molecule has 2 aromatic heterocycles. The number of carbonyl (C=O) groups excluding carboxylic acids is 1. The minimum absolute atomic E-state index is 0.162. The van der Waals surface area contributed by atoms with Gasteiger partial charge < -0.3 is 14.6 Å². The van der Waals surface area contributed by atoms with Crippen LogP contribution in [-0.4, -0.2) is 38.6 Å². The highest BCUT2D eigenvalue weighted by molar-refractivity contribution is 5.99. The molecule has 174 valence electrons. The highest BCUT2D eigenvalue weighted by Gasteiger charge is 2.26. The summed E-state index contributed by atoms with van der Waals surface area (Å²) in [4.78, 5) is 28.7. The van der Waals surface area contributed by atoms with Crippen LogP contribution in [0, 0.1) is 0 Å². The maximum atomic E-state index is 13.3. The van der Waals surface area contributed by atoms with Gasteiger partial charge in [-0.3, -0.25) is 14.5 Å². The molecule has 0 bridgehead atoms. The number of amides is 1. The van der Waals surface area contributed by atoms with Crippen LogP contribution in [-0.2, 0) is 33.1 Å². The zero-order chi connectivity index (χ0) is 23.7. The fourth-order valence-electron chi connectivity index (χ4n) is 4.70. The van der Waals surface area contributed by atoms with E-state index in [4.69, 9.17) is 4.74 Å². The van der Waals surface area contributed by atoms with Gasteiger partial charge in [-0.25, -0.2) is 0 Å². The monoisotopic (exact) mass is 457 g/mol. The van der Waals surface area contributed by atoms with Crippen LogP contribution in [0.25, 0.3) is 5.65 Å². The van der Waals surface area contributed by atoms with Gasteiger partial charge in [0.05, 0.1) is 18.9 Å². The molecule has 1 aliphatic rings. The fourth-order valence-corrected chi connectivity index (χ4v) is 4.70. The second kappa shape index (κ2) is 9.15. The van der Waals surface area contributed by atoms with E-state index >= 15 is 0 Å². The number of hydrogen-bond acceptors (Lipinski definition) is 5. The molecule has 1 aliphatic heterocycles. The molecule has 3 heterocycles. The Morgan fingerprint density at radius 1 is 1.12 bits per heavy atom. The van der Waals surface area contributed by atoms with Crippen molar-refractivity contribution in [3.05, 3.63) is 99.1 Å². The lowest BCUT2D eigenvalue weighted by Crippen LogP contribution is -2.38.